The number of rotatable bonds is 3. The molecule has 1 aliphatic heterocycles. The van der Waals surface area contributed by atoms with Crippen LogP contribution in [0, 0.1) is 0 Å². The minimum Gasteiger partial charge on any atom is -0.341 e. The van der Waals surface area contributed by atoms with Crippen LogP contribution in [0.1, 0.15) is 51.9 Å². The summed E-state index contributed by atoms with van der Waals surface area (Å²) in [5.41, 5.74) is 5.62. The highest BCUT2D eigenvalue weighted by molar-refractivity contribution is 5.81. The SMILES string of the molecule is C[C@H](N)C(=O)N1CCC(NC(=O)NC2CCCCC2)CC1. The Morgan fingerprint density at radius 1 is 1.00 bits per heavy atom. The lowest BCUT2D eigenvalue weighted by atomic mass is 9.96. The van der Waals surface area contributed by atoms with Gasteiger partial charge in [-0.1, -0.05) is 19.3 Å². The highest BCUT2D eigenvalue weighted by Crippen LogP contribution is 2.17. The number of amides is 3. The number of urea groups is 1. The van der Waals surface area contributed by atoms with Gasteiger partial charge in [-0.05, 0) is 32.6 Å². The van der Waals surface area contributed by atoms with Gasteiger partial charge >= 0.3 is 6.03 Å². The Labute approximate surface area is 126 Å². The Kier molecular flexibility index (Phi) is 5.85. The van der Waals surface area contributed by atoms with E-state index in [1.54, 1.807) is 11.8 Å². The first-order valence-electron chi connectivity index (χ1n) is 8.17. The fourth-order valence-corrected chi connectivity index (χ4v) is 3.19. The maximum Gasteiger partial charge on any atom is 0.315 e. The number of nitrogens with zero attached hydrogens (tertiary/aromatic N) is 1. The second kappa shape index (κ2) is 7.64. The Morgan fingerprint density at radius 3 is 2.05 bits per heavy atom. The molecule has 1 heterocycles. The minimum absolute atomic E-state index is 0.0000992. The van der Waals surface area contributed by atoms with Crippen LogP contribution in [0.25, 0.3) is 0 Å². The number of carbonyl (C=O) groups excluding carboxylic acids is 2. The maximum atomic E-state index is 12.0. The van der Waals surface area contributed by atoms with E-state index in [1.807, 2.05) is 0 Å². The van der Waals surface area contributed by atoms with Crippen LogP contribution in [0.2, 0.25) is 0 Å². The number of hydrogen-bond acceptors (Lipinski definition) is 3. The molecule has 0 unspecified atom stereocenters. The van der Waals surface area contributed by atoms with Crippen molar-refractivity contribution in [2.75, 3.05) is 13.1 Å². The van der Waals surface area contributed by atoms with Crippen LogP contribution >= 0.6 is 0 Å². The highest BCUT2D eigenvalue weighted by Gasteiger charge is 2.25. The summed E-state index contributed by atoms with van der Waals surface area (Å²) in [5, 5.41) is 6.10. The van der Waals surface area contributed by atoms with E-state index in [9.17, 15) is 9.59 Å². The third kappa shape index (κ3) is 4.88. The second-order valence-electron chi connectivity index (χ2n) is 6.34. The highest BCUT2D eigenvalue weighted by atomic mass is 16.2. The third-order valence-electron chi connectivity index (χ3n) is 4.47. The number of nitrogens with two attached hydrogens (primary N) is 1. The lowest BCUT2D eigenvalue weighted by molar-refractivity contribution is -0.133. The summed E-state index contributed by atoms with van der Waals surface area (Å²) in [6, 6.07) is -0.00722. The van der Waals surface area contributed by atoms with Crippen LogP contribution in [0.4, 0.5) is 4.79 Å². The summed E-state index contributed by atoms with van der Waals surface area (Å²) in [5.74, 6) is 0.0000992. The summed E-state index contributed by atoms with van der Waals surface area (Å²) in [6.45, 7) is 3.06. The number of piperidine rings is 1. The molecule has 6 nitrogen and oxygen atoms in total. The largest absolute Gasteiger partial charge is 0.341 e. The van der Waals surface area contributed by atoms with Crippen LogP contribution < -0.4 is 16.4 Å². The molecule has 120 valence electrons. The number of likely N-dealkylation sites (tertiary alicyclic amines) is 1. The molecule has 2 rings (SSSR count). The summed E-state index contributed by atoms with van der Waals surface area (Å²) >= 11 is 0. The first-order valence-corrected chi connectivity index (χ1v) is 8.17. The van der Waals surface area contributed by atoms with Crippen molar-refractivity contribution >= 4 is 11.9 Å². The van der Waals surface area contributed by atoms with Crippen LogP contribution in [0.15, 0.2) is 0 Å². The molecule has 1 aliphatic carbocycles. The zero-order chi connectivity index (χ0) is 15.2. The van der Waals surface area contributed by atoms with E-state index < -0.39 is 6.04 Å². The first-order chi connectivity index (χ1) is 10.1. The van der Waals surface area contributed by atoms with Crippen molar-refractivity contribution < 1.29 is 9.59 Å². The van der Waals surface area contributed by atoms with Crippen molar-refractivity contribution in [1.29, 1.82) is 0 Å². The Bertz CT molecular complexity index is 359. The summed E-state index contributed by atoms with van der Waals surface area (Å²) < 4.78 is 0. The average molecular weight is 296 g/mol. The van der Waals surface area contributed by atoms with Crippen molar-refractivity contribution in [3.05, 3.63) is 0 Å². The monoisotopic (exact) mass is 296 g/mol. The van der Waals surface area contributed by atoms with Gasteiger partial charge in [-0.15, -0.1) is 0 Å². The topological polar surface area (TPSA) is 87.5 Å². The summed E-state index contributed by atoms with van der Waals surface area (Å²) in [7, 11) is 0. The Morgan fingerprint density at radius 2 is 1.52 bits per heavy atom. The van der Waals surface area contributed by atoms with Crippen molar-refractivity contribution in [2.45, 2.75) is 70.0 Å². The van der Waals surface area contributed by atoms with Gasteiger partial charge in [0.25, 0.3) is 0 Å². The summed E-state index contributed by atoms with van der Waals surface area (Å²) in [6.07, 6.45) is 7.49. The van der Waals surface area contributed by atoms with Crippen LogP contribution in [-0.4, -0.2) is 48.1 Å². The van der Waals surface area contributed by atoms with Gasteiger partial charge in [0.05, 0.1) is 6.04 Å². The predicted molar refractivity (Wildman–Crippen MR) is 81.8 cm³/mol. The molecular weight excluding hydrogens is 268 g/mol. The molecule has 1 atom stereocenters. The van der Waals surface area contributed by atoms with Crippen molar-refractivity contribution in [1.82, 2.24) is 15.5 Å². The smallest absolute Gasteiger partial charge is 0.315 e. The Hall–Kier alpha value is -1.30. The molecule has 0 aromatic rings. The van der Waals surface area contributed by atoms with Gasteiger partial charge in [-0.2, -0.15) is 0 Å². The number of hydrogen-bond donors (Lipinski definition) is 3. The molecule has 0 bridgehead atoms. The van der Waals surface area contributed by atoms with E-state index in [1.165, 1.54) is 19.3 Å². The average Bonchev–Trinajstić information content (AvgIpc) is 2.48. The van der Waals surface area contributed by atoms with E-state index in [0.717, 1.165) is 25.7 Å². The molecule has 0 aromatic heterocycles. The molecule has 1 saturated carbocycles. The molecule has 2 fully saturated rings. The van der Waals surface area contributed by atoms with Gasteiger partial charge in [0.1, 0.15) is 0 Å². The number of carbonyl (C=O) groups is 2. The molecule has 6 heteroatoms. The van der Waals surface area contributed by atoms with Crippen molar-refractivity contribution in [3.63, 3.8) is 0 Å². The normalized spacial score (nSPS) is 22.7. The van der Waals surface area contributed by atoms with Gasteiger partial charge < -0.3 is 21.3 Å². The molecule has 1 saturated heterocycles. The van der Waals surface area contributed by atoms with Gasteiger partial charge in [0.2, 0.25) is 5.91 Å². The summed E-state index contributed by atoms with van der Waals surface area (Å²) in [4.78, 5) is 25.6. The van der Waals surface area contributed by atoms with Crippen molar-refractivity contribution in [3.8, 4) is 0 Å². The fourth-order valence-electron chi connectivity index (χ4n) is 3.19. The number of nitrogens with one attached hydrogen (secondary N) is 2. The quantitative estimate of drug-likeness (QED) is 0.725. The molecular formula is C15H28N4O2. The lowest BCUT2D eigenvalue weighted by Gasteiger charge is -2.33. The molecule has 4 N–H and O–H groups in total. The van der Waals surface area contributed by atoms with E-state index in [0.29, 0.717) is 19.1 Å². The fraction of sp³-hybridized carbons (Fsp3) is 0.867. The third-order valence-corrected chi connectivity index (χ3v) is 4.47. The van der Waals surface area contributed by atoms with Gasteiger partial charge in [0.15, 0.2) is 0 Å². The minimum atomic E-state index is -0.441. The Balaban J connectivity index is 1.68. The van der Waals surface area contributed by atoms with E-state index in [4.69, 9.17) is 5.73 Å². The van der Waals surface area contributed by atoms with E-state index in [-0.39, 0.29) is 18.0 Å². The van der Waals surface area contributed by atoms with E-state index >= 15 is 0 Å². The van der Waals surface area contributed by atoms with Crippen molar-refractivity contribution in [2.24, 2.45) is 5.73 Å². The van der Waals surface area contributed by atoms with Crippen LogP contribution in [0.3, 0.4) is 0 Å². The maximum absolute atomic E-state index is 12.0. The molecule has 3 amide bonds. The van der Waals surface area contributed by atoms with Crippen LogP contribution in [0.5, 0.6) is 0 Å². The second-order valence-corrected chi connectivity index (χ2v) is 6.34. The molecule has 21 heavy (non-hydrogen) atoms. The molecule has 0 aromatic carbocycles. The zero-order valence-corrected chi connectivity index (χ0v) is 12.9. The van der Waals surface area contributed by atoms with Crippen LogP contribution in [-0.2, 0) is 4.79 Å². The molecule has 2 aliphatic rings. The van der Waals surface area contributed by atoms with Gasteiger partial charge in [-0.3, -0.25) is 4.79 Å². The predicted octanol–water partition coefficient (Wildman–Crippen LogP) is 0.957. The zero-order valence-electron chi connectivity index (χ0n) is 12.9. The van der Waals surface area contributed by atoms with Gasteiger partial charge in [-0.25, -0.2) is 4.79 Å². The molecule has 0 radical (unpaired) electrons. The standard InChI is InChI=1S/C15H28N4O2/c1-11(16)14(20)19-9-7-13(8-10-19)18-15(21)17-12-5-3-2-4-6-12/h11-13H,2-10,16H2,1H3,(H2,17,18,21)/t11-/m0/s1. The first kappa shape index (κ1) is 16.1. The van der Waals surface area contributed by atoms with Gasteiger partial charge in [0, 0.05) is 25.2 Å². The molecule has 0 spiro atoms. The lowest BCUT2D eigenvalue weighted by Crippen LogP contribution is -2.52. The van der Waals surface area contributed by atoms with E-state index in [2.05, 4.69) is 10.6 Å².